The monoisotopic (exact) mass is 171 g/mol. The van der Waals surface area contributed by atoms with E-state index in [-0.39, 0.29) is 12.0 Å². The molecule has 1 rings (SSSR count). The van der Waals surface area contributed by atoms with E-state index in [2.05, 4.69) is 6.92 Å². The van der Waals surface area contributed by atoms with E-state index in [1.54, 1.807) is 0 Å². The number of rotatable bonds is 3. The maximum atomic E-state index is 10.5. The van der Waals surface area contributed by atoms with Crippen molar-refractivity contribution < 1.29 is 14.6 Å². The molecule has 0 aromatic carbocycles. The van der Waals surface area contributed by atoms with Crippen LogP contribution in [0.5, 0.6) is 0 Å². The van der Waals surface area contributed by atoms with E-state index < -0.39 is 5.97 Å². The highest BCUT2D eigenvalue weighted by molar-refractivity contribution is 5.67. The molecule has 12 heavy (non-hydrogen) atoms. The van der Waals surface area contributed by atoms with Crippen LogP contribution in [0.4, 0.5) is 0 Å². The molecule has 70 valence electrons. The lowest BCUT2D eigenvalue weighted by Gasteiger charge is -2.29. The molecule has 2 atom stereocenters. The van der Waals surface area contributed by atoms with Gasteiger partial charge < -0.3 is 14.6 Å². The van der Waals surface area contributed by atoms with E-state index in [1.807, 2.05) is 0 Å². The van der Waals surface area contributed by atoms with Crippen LogP contribution in [0.25, 0.3) is 0 Å². The highest BCUT2D eigenvalue weighted by Crippen LogP contribution is 2.22. The normalized spacial score (nSPS) is 30.1. The van der Waals surface area contributed by atoms with Crippen molar-refractivity contribution in [3.63, 3.8) is 0 Å². The van der Waals surface area contributed by atoms with Gasteiger partial charge in [-0.15, -0.1) is 0 Å². The van der Waals surface area contributed by atoms with Gasteiger partial charge in [0, 0.05) is 18.5 Å². The van der Waals surface area contributed by atoms with Crippen molar-refractivity contribution in [1.29, 1.82) is 0 Å². The first-order valence-corrected chi connectivity index (χ1v) is 4.56. The van der Waals surface area contributed by atoms with Crippen LogP contribution in [0, 0.1) is 5.92 Å². The first-order chi connectivity index (χ1) is 5.74. The largest absolute Gasteiger partial charge is 0.550 e. The quantitative estimate of drug-likeness (QED) is 0.615. The summed E-state index contributed by atoms with van der Waals surface area (Å²) in [6.07, 6.45) is 3.40. The minimum Gasteiger partial charge on any atom is -0.550 e. The van der Waals surface area contributed by atoms with Crippen LogP contribution in [-0.4, -0.2) is 18.7 Å². The molecule has 0 radical (unpaired) electrons. The van der Waals surface area contributed by atoms with Gasteiger partial charge in [0.2, 0.25) is 0 Å². The fraction of sp³-hybridized carbons (Fsp3) is 0.889. The third kappa shape index (κ3) is 2.48. The molecule has 1 aliphatic rings. The van der Waals surface area contributed by atoms with Gasteiger partial charge in [0.05, 0.1) is 6.10 Å². The van der Waals surface area contributed by atoms with E-state index in [0.717, 1.165) is 12.8 Å². The summed E-state index contributed by atoms with van der Waals surface area (Å²) in [6, 6.07) is 0. The summed E-state index contributed by atoms with van der Waals surface area (Å²) in [5.74, 6) is -1.20. The van der Waals surface area contributed by atoms with Crippen molar-refractivity contribution in [3.05, 3.63) is 0 Å². The Balaban J connectivity index is 2.35. The molecular formula is C9H15O3-. The second-order valence-electron chi connectivity index (χ2n) is 3.32. The van der Waals surface area contributed by atoms with Crippen molar-refractivity contribution in [1.82, 2.24) is 0 Å². The van der Waals surface area contributed by atoms with Gasteiger partial charge in [-0.1, -0.05) is 13.3 Å². The lowest BCUT2D eigenvalue weighted by molar-refractivity contribution is -0.314. The molecule has 0 aromatic rings. The van der Waals surface area contributed by atoms with Crippen LogP contribution in [0.15, 0.2) is 0 Å². The molecule has 1 fully saturated rings. The fourth-order valence-electron chi connectivity index (χ4n) is 1.62. The Kier molecular flexibility index (Phi) is 3.53. The van der Waals surface area contributed by atoms with Crippen LogP contribution >= 0.6 is 0 Å². The van der Waals surface area contributed by atoms with Crippen LogP contribution in [0.3, 0.4) is 0 Å². The maximum absolute atomic E-state index is 10.5. The summed E-state index contributed by atoms with van der Waals surface area (Å²) >= 11 is 0. The molecule has 0 spiro atoms. The van der Waals surface area contributed by atoms with Gasteiger partial charge in [0.15, 0.2) is 0 Å². The summed E-state index contributed by atoms with van der Waals surface area (Å²) in [6.45, 7) is 2.65. The lowest BCUT2D eigenvalue weighted by atomic mass is 9.94. The average molecular weight is 171 g/mol. The molecule has 0 aliphatic carbocycles. The molecule has 0 unspecified atom stereocenters. The zero-order chi connectivity index (χ0) is 8.97. The summed E-state index contributed by atoms with van der Waals surface area (Å²) < 4.78 is 5.41. The summed E-state index contributed by atoms with van der Waals surface area (Å²) in [4.78, 5) is 10.5. The summed E-state index contributed by atoms with van der Waals surface area (Å²) in [7, 11) is 0. The predicted octanol–water partition coefficient (Wildman–Crippen LogP) is 0.332. The number of carboxylic acid groups (broad SMARTS) is 1. The Bertz CT molecular complexity index is 154. The Hall–Kier alpha value is -0.570. The Morgan fingerprint density at radius 1 is 1.67 bits per heavy atom. The highest BCUT2D eigenvalue weighted by atomic mass is 16.5. The van der Waals surface area contributed by atoms with Crippen LogP contribution < -0.4 is 5.11 Å². The highest BCUT2D eigenvalue weighted by Gasteiger charge is 2.22. The smallest absolute Gasteiger partial charge is 0.0581 e. The van der Waals surface area contributed by atoms with Crippen molar-refractivity contribution in [2.24, 2.45) is 5.92 Å². The zero-order valence-electron chi connectivity index (χ0n) is 7.41. The molecular weight excluding hydrogens is 156 g/mol. The van der Waals surface area contributed by atoms with Crippen molar-refractivity contribution >= 4 is 5.97 Å². The number of carbonyl (C=O) groups is 1. The molecule has 3 nitrogen and oxygen atoms in total. The van der Waals surface area contributed by atoms with Gasteiger partial charge in [0.25, 0.3) is 0 Å². The molecule has 0 bridgehead atoms. The minimum atomic E-state index is -0.917. The lowest BCUT2D eigenvalue weighted by Crippen LogP contribution is -2.38. The molecule has 0 N–H and O–H groups in total. The van der Waals surface area contributed by atoms with Gasteiger partial charge in [-0.05, 0) is 19.3 Å². The second kappa shape index (κ2) is 4.45. The third-order valence-electron chi connectivity index (χ3n) is 2.31. The molecule has 0 aromatic heterocycles. The first kappa shape index (κ1) is 9.52. The Morgan fingerprint density at radius 3 is 3.00 bits per heavy atom. The maximum Gasteiger partial charge on any atom is 0.0581 e. The molecule has 0 saturated carbocycles. The SMILES string of the molecule is CCC[C@H]1C[C@H](C(=O)[O-])CCO1. The van der Waals surface area contributed by atoms with Crippen molar-refractivity contribution in [3.8, 4) is 0 Å². The predicted molar refractivity (Wildman–Crippen MR) is 42.4 cm³/mol. The van der Waals surface area contributed by atoms with Gasteiger partial charge in [0.1, 0.15) is 0 Å². The van der Waals surface area contributed by atoms with E-state index in [1.165, 1.54) is 0 Å². The topological polar surface area (TPSA) is 49.4 Å². The van der Waals surface area contributed by atoms with E-state index in [9.17, 15) is 9.90 Å². The van der Waals surface area contributed by atoms with E-state index >= 15 is 0 Å². The van der Waals surface area contributed by atoms with Gasteiger partial charge in [-0.2, -0.15) is 0 Å². The zero-order valence-corrected chi connectivity index (χ0v) is 7.41. The first-order valence-electron chi connectivity index (χ1n) is 4.56. The molecule has 1 heterocycles. The number of aliphatic carboxylic acids is 1. The van der Waals surface area contributed by atoms with Crippen LogP contribution in [0.2, 0.25) is 0 Å². The number of carboxylic acids is 1. The standard InChI is InChI=1S/C9H16O3/c1-2-3-8-6-7(9(10)11)4-5-12-8/h7-8H,2-6H2,1H3,(H,10,11)/p-1/t7-,8+/m1/s1. The average Bonchev–Trinajstić information content (AvgIpc) is 2.05. The van der Waals surface area contributed by atoms with Crippen LogP contribution in [-0.2, 0) is 9.53 Å². The number of carbonyl (C=O) groups excluding carboxylic acids is 1. The second-order valence-corrected chi connectivity index (χ2v) is 3.32. The molecule has 1 saturated heterocycles. The van der Waals surface area contributed by atoms with E-state index in [4.69, 9.17) is 4.74 Å². The molecule has 1 aliphatic heterocycles. The summed E-state index contributed by atoms with van der Waals surface area (Å²) in [5, 5.41) is 10.5. The Labute approximate surface area is 72.7 Å². The molecule has 0 amide bonds. The molecule has 3 heteroatoms. The number of hydrogen-bond donors (Lipinski definition) is 0. The summed E-state index contributed by atoms with van der Waals surface area (Å²) in [5.41, 5.74) is 0. The number of ether oxygens (including phenoxy) is 1. The number of hydrogen-bond acceptors (Lipinski definition) is 3. The van der Waals surface area contributed by atoms with Crippen LogP contribution in [0.1, 0.15) is 32.6 Å². The third-order valence-corrected chi connectivity index (χ3v) is 2.31. The van der Waals surface area contributed by atoms with Crippen molar-refractivity contribution in [2.75, 3.05) is 6.61 Å². The Morgan fingerprint density at radius 2 is 2.42 bits per heavy atom. The van der Waals surface area contributed by atoms with E-state index in [0.29, 0.717) is 19.4 Å². The fourth-order valence-corrected chi connectivity index (χ4v) is 1.62. The van der Waals surface area contributed by atoms with Crippen molar-refractivity contribution in [2.45, 2.75) is 38.7 Å². The van der Waals surface area contributed by atoms with Gasteiger partial charge >= 0.3 is 0 Å². The minimum absolute atomic E-state index is 0.145. The van der Waals surface area contributed by atoms with Gasteiger partial charge in [-0.25, -0.2) is 0 Å². The van der Waals surface area contributed by atoms with Gasteiger partial charge in [-0.3, -0.25) is 0 Å².